The summed E-state index contributed by atoms with van der Waals surface area (Å²) in [6, 6.07) is 12.1. The number of nitriles is 1. The maximum atomic E-state index is 12.8. The van der Waals surface area contributed by atoms with Gasteiger partial charge in [0.15, 0.2) is 0 Å². The van der Waals surface area contributed by atoms with Crippen molar-refractivity contribution in [3.63, 3.8) is 0 Å². The van der Waals surface area contributed by atoms with Gasteiger partial charge in [-0.05, 0) is 31.5 Å². The fraction of sp³-hybridized carbons (Fsp3) is 0.556. The van der Waals surface area contributed by atoms with Crippen molar-refractivity contribution in [3.8, 4) is 6.07 Å². The predicted octanol–water partition coefficient (Wildman–Crippen LogP) is 1.63. The Balaban J connectivity index is 1.90. The number of rotatable bonds is 7. The number of aliphatic hydroxyl groups is 1. The van der Waals surface area contributed by atoms with E-state index in [0.717, 1.165) is 38.0 Å². The Morgan fingerprint density at radius 2 is 2.00 bits per heavy atom. The highest BCUT2D eigenvalue weighted by atomic mass is 16.3. The van der Waals surface area contributed by atoms with Gasteiger partial charge in [-0.25, -0.2) is 0 Å². The molecule has 1 aromatic rings. The summed E-state index contributed by atoms with van der Waals surface area (Å²) in [5, 5.41) is 17.9. The maximum Gasteiger partial charge on any atom is 0.226 e. The summed E-state index contributed by atoms with van der Waals surface area (Å²) in [6.45, 7) is 3.45. The smallest absolute Gasteiger partial charge is 0.226 e. The van der Waals surface area contributed by atoms with Crippen molar-refractivity contribution in [2.24, 2.45) is 5.92 Å². The summed E-state index contributed by atoms with van der Waals surface area (Å²) >= 11 is 0. The summed E-state index contributed by atoms with van der Waals surface area (Å²) in [4.78, 5) is 16.8. The lowest BCUT2D eigenvalue weighted by atomic mass is 9.95. The van der Waals surface area contributed by atoms with E-state index in [4.69, 9.17) is 5.26 Å². The predicted molar refractivity (Wildman–Crippen MR) is 88.3 cm³/mol. The molecule has 0 spiro atoms. The van der Waals surface area contributed by atoms with Crippen LogP contribution >= 0.6 is 0 Å². The Bertz CT molecular complexity index is 519. The van der Waals surface area contributed by atoms with Crippen LogP contribution in [0.25, 0.3) is 0 Å². The molecule has 0 unspecified atom stereocenters. The number of carbonyl (C=O) groups is 1. The average molecular weight is 315 g/mol. The quantitative estimate of drug-likeness (QED) is 0.830. The van der Waals surface area contributed by atoms with Crippen LogP contribution in [0.5, 0.6) is 0 Å². The van der Waals surface area contributed by atoms with Gasteiger partial charge in [0.2, 0.25) is 5.91 Å². The zero-order valence-corrected chi connectivity index (χ0v) is 13.5. The fourth-order valence-corrected chi connectivity index (χ4v) is 3.06. The number of carbonyl (C=O) groups excluding carboxylic acids is 1. The number of piperidine rings is 1. The van der Waals surface area contributed by atoms with Crippen molar-refractivity contribution in [2.45, 2.75) is 25.8 Å². The molecule has 1 aliphatic rings. The van der Waals surface area contributed by atoms with Crippen LogP contribution in [0.2, 0.25) is 0 Å². The van der Waals surface area contributed by atoms with Gasteiger partial charge in [-0.3, -0.25) is 4.79 Å². The van der Waals surface area contributed by atoms with E-state index in [-0.39, 0.29) is 18.4 Å². The van der Waals surface area contributed by atoms with Crippen molar-refractivity contribution < 1.29 is 9.90 Å². The molecule has 1 N–H and O–H groups in total. The minimum atomic E-state index is -0.0143. The van der Waals surface area contributed by atoms with Gasteiger partial charge in [-0.2, -0.15) is 5.26 Å². The Morgan fingerprint density at radius 1 is 1.30 bits per heavy atom. The number of hydrogen-bond donors (Lipinski definition) is 1. The molecule has 0 bridgehead atoms. The first-order valence-electron chi connectivity index (χ1n) is 8.27. The maximum absolute atomic E-state index is 12.8. The standard InChI is InChI=1S/C18H25N3O2/c19-9-4-10-20-11-7-17(8-12-20)18(23)21(13-14-22)15-16-5-2-1-3-6-16/h1-3,5-6,17,22H,4,7-8,10-15H2. The molecule has 1 heterocycles. The topological polar surface area (TPSA) is 67.6 Å². The second-order valence-electron chi connectivity index (χ2n) is 5.99. The van der Waals surface area contributed by atoms with Gasteiger partial charge >= 0.3 is 0 Å². The third-order valence-corrected chi connectivity index (χ3v) is 4.37. The monoisotopic (exact) mass is 315 g/mol. The highest BCUT2D eigenvalue weighted by Gasteiger charge is 2.28. The van der Waals surface area contributed by atoms with Crippen LogP contribution < -0.4 is 0 Å². The second kappa shape index (κ2) is 9.29. The van der Waals surface area contributed by atoms with Gasteiger partial charge in [-0.1, -0.05) is 30.3 Å². The van der Waals surface area contributed by atoms with Crippen molar-refractivity contribution in [2.75, 3.05) is 32.8 Å². The Hall–Kier alpha value is -1.90. The molecule has 1 aromatic carbocycles. The number of benzene rings is 1. The van der Waals surface area contributed by atoms with Crippen LogP contribution in [-0.4, -0.2) is 53.6 Å². The van der Waals surface area contributed by atoms with E-state index >= 15 is 0 Å². The van der Waals surface area contributed by atoms with Gasteiger partial charge in [-0.15, -0.1) is 0 Å². The molecular formula is C18H25N3O2. The minimum absolute atomic E-state index is 0.0143. The summed E-state index contributed by atoms with van der Waals surface area (Å²) in [7, 11) is 0. The molecule has 0 atom stereocenters. The Kier molecular flexibility index (Phi) is 7.05. The van der Waals surface area contributed by atoms with Crippen LogP contribution in [-0.2, 0) is 11.3 Å². The van der Waals surface area contributed by atoms with E-state index in [0.29, 0.717) is 19.5 Å². The lowest BCUT2D eigenvalue weighted by Gasteiger charge is -2.33. The van der Waals surface area contributed by atoms with E-state index in [2.05, 4.69) is 11.0 Å². The molecule has 5 heteroatoms. The molecule has 2 rings (SSSR count). The first kappa shape index (κ1) is 17.5. The Labute approximate surface area is 138 Å². The largest absolute Gasteiger partial charge is 0.395 e. The third-order valence-electron chi connectivity index (χ3n) is 4.37. The third kappa shape index (κ3) is 5.34. The highest BCUT2D eigenvalue weighted by molar-refractivity contribution is 5.79. The zero-order valence-electron chi connectivity index (χ0n) is 13.5. The number of nitrogens with zero attached hydrogens (tertiary/aromatic N) is 3. The molecule has 1 saturated heterocycles. The van der Waals surface area contributed by atoms with Gasteiger partial charge < -0.3 is 14.9 Å². The summed E-state index contributed by atoms with van der Waals surface area (Å²) in [6.07, 6.45) is 2.21. The molecule has 0 aromatic heterocycles. The molecule has 1 fully saturated rings. The lowest BCUT2D eigenvalue weighted by molar-refractivity contribution is -0.138. The van der Waals surface area contributed by atoms with Gasteiger partial charge in [0.1, 0.15) is 0 Å². The molecule has 23 heavy (non-hydrogen) atoms. The summed E-state index contributed by atoms with van der Waals surface area (Å²) < 4.78 is 0. The van der Waals surface area contributed by atoms with Crippen LogP contribution in [0.15, 0.2) is 30.3 Å². The highest BCUT2D eigenvalue weighted by Crippen LogP contribution is 2.21. The van der Waals surface area contributed by atoms with E-state index in [1.54, 1.807) is 4.90 Å². The zero-order chi connectivity index (χ0) is 16.5. The lowest BCUT2D eigenvalue weighted by Crippen LogP contribution is -2.43. The second-order valence-corrected chi connectivity index (χ2v) is 5.99. The molecule has 0 radical (unpaired) electrons. The van der Waals surface area contributed by atoms with Crippen molar-refractivity contribution in [1.82, 2.24) is 9.80 Å². The Morgan fingerprint density at radius 3 is 2.61 bits per heavy atom. The van der Waals surface area contributed by atoms with Gasteiger partial charge in [0, 0.05) is 32.0 Å². The molecule has 0 saturated carbocycles. The van der Waals surface area contributed by atoms with Crippen LogP contribution in [0.3, 0.4) is 0 Å². The molecule has 1 amide bonds. The SMILES string of the molecule is N#CCCN1CCC(C(=O)N(CCO)Cc2ccccc2)CC1. The van der Waals surface area contributed by atoms with Crippen molar-refractivity contribution in [1.29, 1.82) is 5.26 Å². The van der Waals surface area contributed by atoms with Crippen molar-refractivity contribution in [3.05, 3.63) is 35.9 Å². The minimum Gasteiger partial charge on any atom is -0.395 e. The van der Waals surface area contributed by atoms with E-state index in [9.17, 15) is 9.90 Å². The molecule has 124 valence electrons. The first-order valence-corrected chi connectivity index (χ1v) is 8.27. The number of amides is 1. The van der Waals surface area contributed by atoms with E-state index < -0.39 is 0 Å². The number of likely N-dealkylation sites (tertiary alicyclic amines) is 1. The molecule has 5 nitrogen and oxygen atoms in total. The average Bonchev–Trinajstić information content (AvgIpc) is 2.60. The summed E-state index contributed by atoms with van der Waals surface area (Å²) in [5.41, 5.74) is 1.08. The van der Waals surface area contributed by atoms with Crippen LogP contribution in [0.4, 0.5) is 0 Å². The van der Waals surface area contributed by atoms with Gasteiger partial charge in [0.05, 0.1) is 12.7 Å². The molecule has 0 aliphatic carbocycles. The fourth-order valence-electron chi connectivity index (χ4n) is 3.06. The normalized spacial score (nSPS) is 16.0. The van der Waals surface area contributed by atoms with Crippen LogP contribution in [0.1, 0.15) is 24.8 Å². The first-order chi connectivity index (χ1) is 11.2. The number of aliphatic hydroxyl groups excluding tert-OH is 1. The molecule has 1 aliphatic heterocycles. The number of hydrogen-bond acceptors (Lipinski definition) is 4. The van der Waals surface area contributed by atoms with Crippen molar-refractivity contribution >= 4 is 5.91 Å². The van der Waals surface area contributed by atoms with Crippen LogP contribution in [0, 0.1) is 17.2 Å². The van der Waals surface area contributed by atoms with E-state index in [1.807, 2.05) is 30.3 Å². The molecular weight excluding hydrogens is 290 g/mol. The van der Waals surface area contributed by atoms with Gasteiger partial charge in [0.25, 0.3) is 0 Å². The van der Waals surface area contributed by atoms with E-state index in [1.165, 1.54) is 0 Å². The summed E-state index contributed by atoms with van der Waals surface area (Å²) in [5.74, 6) is 0.173.